The van der Waals surface area contributed by atoms with Crippen LogP contribution in [0.2, 0.25) is 0 Å². The summed E-state index contributed by atoms with van der Waals surface area (Å²) in [5.74, 6) is 3.39. The summed E-state index contributed by atoms with van der Waals surface area (Å²) in [5.41, 5.74) is 10.8. The summed E-state index contributed by atoms with van der Waals surface area (Å²) in [4.78, 5) is 4.63. The quantitative estimate of drug-likeness (QED) is 0.160. The molecule has 2 aliphatic heterocycles. The smallest absolute Gasteiger partial charge is 0.261 e. The van der Waals surface area contributed by atoms with E-state index in [4.69, 9.17) is 9.47 Å². The Hall–Kier alpha value is -6.72. The molecule has 0 saturated carbocycles. The van der Waals surface area contributed by atoms with E-state index in [1.165, 1.54) is 0 Å². The monoisotopic (exact) mass is 710 g/mol. The minimum atomic E-state index is -0.125. The highest BCUT2D eigenvalue weighted by atomic mass is 16.5. The molecule has 0 atom stereocenters. The molecule has 55 heavy (non-hydrogen) atoms. The molecule has 10 rings (SSSR count). The number of hydrogen-bond acceptors (Lipinski definition) is 4. The molecule has 0 fully saturated rings. The van der Waals surface area contributed by atoms with E-state index in [-0.39, 0.29) is 12.1 Å². The van der Waals surface area contributed by atoms with Crippen molar-refractivity contribution in [3.8, 4) is 23.0 Å². The second-order valence-electron chi connectivity index (χ2n) is 15.4. The fourth-order valence-electron chi connectivity index (χ4n) is 8.27. The van der Waals surface area contributed by atoms with Crippen molar-refractivity contribution in [3.05, 3.63) is 188 Å². The standard InChI is InChI=1S/C50H39BN2O2/c1-50(2,3)34-30-45-49-46(31-34)55-47-33-43(53(37-22-12-6-13-23-37)38-24-14-7-15-25-38)40-26-16-17-27-41(40)48(47)51(49)42-29-28-39(32-44(42)54-45)52(35-18-8-4-9-19-35)36-20-10-5-11-21-36/h4-33H,1-3H3. The first-order valence-electron chi connectivity index (χ1n) is 19.0. The molecule has 0 unspecified atom stereocenters. The van der Waals surface area contributed by atoms with Crippen molar-refractivity contribution in [1.82, 2.24) is 0 Å². The second-order valence-corrected chi connectivity index (χ2v) is 15.4. The first-order chi connectivity index (χ1) is 26.9. The van der Waals surface area contributed by atoms with Gasteiger partial charge >= 0.3 is 0 Å². The fraction of sp³-hybridized carbons (Fsp3) is 0.0800. The Morgan fingerprint density at radius 3 is 1.38 bits per heavy atom. The Balaban J connectivity index is 1.22. The summed E-state index contributed by atoms with van der Waals surface area (Å²) in [6.07, 6.45) is 0. The summed E-state index contributed by atoms with van der Waals surface area (Å²) < 4.78 is 14.1. The SMILES string of the molecule is CC(C)(C)c1cc2c3c(c1)Oc1cc(N(c4ccccc4)c4ccccc4)c4ccccc4c1B3c1ccc(N(c3ccccc3)c3ccccc3)cc1O2. The van der Waals surface area contributed by atoms with Crippen LogP contribution in [0.1, 0.15) is 26.3 Å². The molecule has 0 aliphatic carbocycles. The maximum absolute atomic E-state index is 7.11. The molecule has 0 amide bonds. The first-order valence-corrected chi connectivity index (χ1v) is 19.0. The number of ether oxygens (including phenoxy) is 2. The lowest BCUT2D eigenvalue weighted by Gasteiger charge is -2.37. The number of benzene rings is 8. The van der Waals surface area contributed by atoms with E-state index in [1.807, 2.05) is 0 Å². The van der Waals surface area contributed by atoms with Crippen molar-refractivity contribution in [2.24, 2.45) is 0 Å². The number of para-hydroxylation sites is 4. The van der Waals surface area contributed by atoms with Crippen LogP contribution >= 0.6 is 0 Å². The lowest BCUT2D eigenvalue weighted by atomic mass is 9.34. The van der Waals surface area contributed by atoms with Gasteiger partial charge in [-0.3, -0.25) is 0 Å². The molecule has 4 nitrogen and oxygen atoms in total. The molecular weight excluding hydrogens is 671 g/mol. The van der Waals surface area contributed by atoms with Crippen LogP contribution in [0.25, 0.3) is 10.8 Å². The molecule has 0 radical (unpaired) electrons. The lowest BCUT2D eigenvalue weighted by Crippen LogP contribution is -2.57. The normalized spacial score (nSPS) is 12.5. The van der Waals surface area contributed by atoms with Gasteiger partial charge in [-0.2, -0.15) is 0 Å². The molecular formula is C50H39BN2O2. The van der Waals surface area contributed by atoms with E-state index < -0.39 is 0 Å². The first kappa shape index (κ1) is 32.9. The van der Waals surface area contributed by atoms with Crippen LogP contribution in [-0.4, -0.2) is 6.71 Å². The average Bonchev–Trinajstić information content (AvgIpc) is 3.22. The van der Waals surface area contributed by atoms with Crippen LogP contribution in [0.4, 0.5) is 34.1 Å². The zero-order valence-corrected chi connectivity index (χ0v) is 31.1. The number of fused-ring (bicyclic) bond motifs is 6. The van der Waals surface area contributed by atoms with Crippen LogP contribution in [0, 0.1) is 0 Å². The lowest BCUT2D eigenvalue weighted by molar-refractivity contribution is 0.459. The Labute approximate surface area is 322 Å². The third-order valence-corrected chi connectivity index (χ3v) is 10.9. The highest BCUT2D eigenvalue weighted by Gasteiger charge is 2.43. The van der Waals surface area contributed by atoms with E-state index in [0.29, 0.717) is 0 Å². The van der Waals surface area contributed by atoms with Gasteiger partial charge in [-0.1, -0.05) is 124 Å². The zero-order valence-electron chi connectivity index (χ0n) is 31.1. The summed E-state index contributed by atoms with van der Waals surface area (Å²) >= 11 is 0. The van der Waals surface area contributed by atoms with Crippen molar-refractivity contribution in [2.45, 2.75) is 26.2 Å². The number of nitrogens with zero attached hydrogens (tertiary/aromatic N) is 2. The second kappa shape index (κ2) is 13.0. The largest absolute Gasteiger partial charge is 0.458 e. The highest BCUT2D eigenvalue weighted by Crippen LogP contribution is 2.46. The van der Waals surface area contributed by atoms with E-state index in [0.717, 1.165) is 89.8 Å². The van der Waals surface area contributed by atoms with Gasteiger partial charge in [0.1, 0.15) is 23.0 Å². The molecule has 0 aromatic heterocycles. The van der Waals surface area contributed by atoms with Crippen LogP contribution in [-0.2, 0) is 5.41 Å². The number of hydrogen-bond donors (Lipinski definition) is 0. The topological polar surface area (TPSA) is 24.9 Å². The third-order valence-electron chi connectivity index (χ3n) is 10.9. The summed E-state index contributed by atoms with van der Waals surface area (Å²) in [7, 11) is 0. The minimum Gasteiger partial charge on any atom is -0.458 e. The summed E-state index contributed by atoms with van der Waals surface area (Å²) in [6.45, 7) is 6.62. The van der Waals surface area contributed by atoms with Gasteiger partial charge in [0, 0.05) is 51.4 Å². The van der Waals surface area contributed by atoms with Gasteiger partial charge < -0.3 is 19.3 Å². The van der Waals surface area contributed by atoms with E-state index in [2.05, 4.69) is 213 Å². The maximum atomic E-state index is 7.11. The van der Waals surface area contributed by atoms with Gasteiger partial charge in [0.2, 0.25) is 0 Å². The van der Waals surface area contributed by atoms with E-state index >= 15 is 0 Å². The van der Waals surface area contributed by atoms with Crippen LogP contribution in [0.3, 0.4) is 0 Å². The van der Waals surface area contributed by atoms with Crippen LogP contribution in [0.5, 0.6) is 23.0 Å². The Morgan fingerprint density at radius 2 is 0.855 bits per heavy atom. The van der Waals surface area contributed by atoms with Gasteiger partial charge in [-0.15, -0.1) is 0 Å². The van der Waals surface area contributed by atoms with Gasteiger partial charge in [0.25, 0.3) is 6.71 Å². The Bertz CT molecular complexity index is 2600. The molecule has 0 saturated heterocycles. The highest BCUT2D eigenvalue weighted by molar-refractivity contribution is 6.99. The molecule has 8 aromatic carbocycles. The fourth-order valence-corrected chi connectivity index (χ4v) is 8.27. The van der Waals surface area contributed by atoms with Crippen molar-refractivity contribution in [2.75, 3.05) is 9.80 Å². The van der Waals surface area contributed by atoms with Crippen molar-refractivity contribution >= 4 is 68.0 Å². The molecule has 264 valence electrons. The van der Waals surface area contributed by atoms with Crippen molar-refractivity contribution < 1.29 is 9.47 Å². The van der Waals surface area contributed by atoms with E-state index in [1.54, 1.807) is 0 Å². The van der Waals surface area contributed by atoms with E-state index in [9.17, 15) is 0 Å². The molecule has 0 spiro atoms. The zero-order chi connectivity index (χ0) is 37.1. The third kappa shape index (κ3) is 5.63. The molecule has 2 heterocycles. The number of rotatable bonds is 6. The minimum absolute atomic E-state index is 0.108. The summed E-state index contributed by atoms with van der Waals surface area (Å²) in [6, 6.07) is 64.4. The predicted molar refractivity (Wildman–Crippen MR) is 230 cm³/mol. The number of anilines is 6. The van der Waals surface area contributed by atoms with Crippen molar-refractivity contribution in [3.63, 3.8) is 0 Å². The average molecular weight is 711 g/mol. The molecule has 0 bridgehead atoms. The van der Waals surface area contributed by atoms with Gasteiger partial charge in [0.05, 0.1) is 5.69 Å². The van der Waals surface area contributed by atoms with Gasteiger partial charge in [-0.25, -0.2) is 0 Å². The molecule has 0 N–H and O–H groups in total. The predicted octanol–water partition coefficient (Wildman–Crippen LogP) is 11.8. The molecule has 2 aliphatic rings. The Morgan fingerprint density at radius 1 is 0.400 bits per heavy atom. The van der Waals surface area contributed by atoms with Gasteiger partial charge in [0.15, 0.2) is 0 Å². The van der Waals surface area contributed by atoms with Gasteiger partial charge in [-0.05, 0) is 94.0 Å². The summed E-state index contributed by atoms with van der Waals surface area (Å²) in [5, 5.41) is 2.30. The Kier molecular flexibility index (Phi) is 7.77. The van der Waals surface area contributed by atoms with Crippen LogP contribution < -0.4 is 35.7 Å². The van der Waals surface area contributed by atoms with Crippen LogP contribution in [0.15, 0.2) is 182 Å². The molecule has 8 aromatic rings. The van der Waals surface area contributed by atoms with Crippen molar-refractivity contribution in [1.29, 1.82) is 0 Å². The molecule has 5 heteroatoms. The maximum Gasteiger partial charge on any atom is 0.261 e.